The van der Waals surface area contributed by atoms with Crippen LogP contribution in [-0.4, -0.2) is 65.8 Å². The van der Waals surface area contributed by atoms with Crippen LogP contribution in [0.2, 0.25) is 0 Å². The number of benzene rings is 1. The van der Waals surface area contributed by atoms with Gasteiger partial charge in [-0.15, -0.1) is 11.3 Å². The molecule has 0 radical (unpaired) electrons. The average molecular weight is 496 g/mol. The Balaban J connectivity index is 1.30. The summed E-state index contributed by atoms with van der Waals surface area (Å²) in [4.78, 5) is 33.9. The predicted molar refractivity (Wildman–Crippen MR) is 144 cm³/mol. The molecule has 4 rings (SSSR count). The van der Waals surface area contributed by atoms with Gasteiger partial charge in [0, 0.05) is 44.0 Å². The highest BCUT2D eigenvalue weighted by atomic mass is 32.1. The molecule has 6 heteroatoms. The summed E-state index contributed by atoms with van der Waals surface area (Å²) in [5.41, 5.74) is 2.60. The normalized spacial score (nSPS) is 18.8. The largest absolute Gasteiger partial charge is 0.341 e. The number of hydrogen-bond donors (Lipinski definition) is 0. The summed E-state index contributed by atoms with van der Waals surface area (Å²) < 4.78 is 0. The van der Waals surface area contributed by atoms with Gasteiger partial charge >= 0.3 is 0 Å². The van der Waals surface area contributed by atoms with E-state index in [9.17, 15) is 9.59 Å². The second kappa shape index (κ2) is 13.2. The zero-order valence-electron chi connectivity index (χ0n) is 21.3. The molecule has 2 aromatic rings. The van der Waals surface area contributed by atoms with Crippen LogP contribution in [0.5, 0.6) is 0 Å². The summed E-state index contributed by atoms with van der Waals surface area (Å²) >= 11 is 1.83. The van der Waals surface area contributed by atoms with Crippen molar-refractivity contribution in [1.29, 1.82) is 0 Å². The van der Waals surface area contributed by atoms with Gasteiger partial charge in [-0.25, -0.2) is 0 Å². The summed E-state index contributed by atoms with van der Waals surface area (Å²) in [6.07, 6.45) is 9.71. The van der Waals surface area contributed by atoms with Gasteiger partial charge in [0.1, 0.15) is 0 Å². The molecule has 1 aromatic carbocycles. The van der Waals surface area contributed by atoms with E-state index in [2.05, 4.69) is 47.5 Å². The van der Waals surface area contributed by atoms with E-state index in [1.165, 1.54) is 41.7 Å². The van der Waals surface area contributed by atoms with Crippen molar-refractivity contribution in [3.63, 3.8) is 0 Å². The first-order valence-electron chi connectivity index (χ1n) is 13.6. The zero-order chi connectivity index (χ0) is 24.5. The summed E-state index contributed by atoms with van der Waals surface area (Å²) in [6.45, 7) is 6.38. The molecule has 0 saturated carbocycles. The molecule has 2 aliphatic heterocycles. The molecule has 1 aromatic heterocycles. The van der Waals surface area contributed by atoms with Crippen LogP contribution in [0.3, 0.4) is 0 Å². The molecule has 0 bridgehead atoms. The maximum atomic E-state index is 13.4. The van der Waals surface area contributed by atoms with Crippen molar-refractivity contribution < 1.29 is 9.59 Å². The van der Waals surface area contributed by atoms with Crippen molar-refractivity contribution in [3.8, 4) is 0 Å². The lowest BCUT2D eigenvalue weighted by atomic mass is 9.93. The van der Waals surface area contributed by atoms with Gasteiger partial charge in [-0.3, -0.25) is 14.5 Å². The number of hydrogen-bond acceptors (Lipinski definition) is 4. The molecule has 2 aliphatic rings. The lowest BCUT2D eigenvalue weighted by Crippen LogP contribution is -2.45. The Labute approximate surface area is 215 Å². The number of carbonyl (C=O) groups is 2. The smallest absolute Gasteiger partial charge is 0.236 e. The highest BCUT2D eigenvalue weighted by Gasteiger charge is 2.32. The van der Waals surface area contributed by atoms with E-state index in [1.807, 2.05) is 27.2 Å². The van der Waals surface area contributed by atoms with Crippen LogP contribution in [0, 0.1) is 0 Å². The number of nitrogens with zero attached hydrogens (tertiary/aromatic N) is 3. The van der Waals surface area contributed by atoms with Crippen LogP contribution in [0.25, 0.3) is 0 Å². The molecule has 0 spiro atoms. The number of unbranched alkanes of at least 4 members (excludes halogenated alkanes) is 5. The molecule has 35 heavy (non-hydrogen) atoms. The quantitative estimate of drug-likeness (QED) is 0.409. The number of carbonyl (C=O) groups excluding carboxylic acids is 2. The van der Waals surface area contributed by atoms with E-state index in [0.717, 1.165) is 45.3 Å². The van der Waals surface area contributed by atoms with Crippen LogP contribution in [0.15, 0.2) is 41.8 Å². The Hall–Kier alpha value is -2.18. The molecule has 190 valence electrons. The molecule has 3 heterocycles. The molecular weight excluding hydrogens is 454 g/mol. The van der Waals surface area contributed by atoms with Crippen molar-refractivity contribution in [2.75, 3.05) is 39.3 Å². The Morgan fingerprint density at radius 1 is 0.857 bits per heavy atom. The average Bonchev–Trinajstić information content (AvgIpc) is 3.21. The second-order valence-corrected chi connectivity index (χ2v) is 11.0. The third-order valence-corrected chi connectivity index (χ3v) is 8.46. The van der Waals surface area contributed by atoms with E-state index in [0.29, 0.717) is 26.1 Å². The number of thiophene rings is 1. The maximum Gasteiger partial charge on any atom is 0.236 e. The summed E-state index contributed by atoms with van der Waals surface area (Å²) in [5.74, 6) is 0.454. The van der Waals surface area contributed by atoms with E-state index in [4.69, 9.17) is 0 Å². The lowest BCUT2D eigenvalue weighted by molar-refractivity contribution is -0.134. The van der Waals surface area contributed by atoms with Gasteiger partial charge in [0.25, 0.3) is 0 Å². The Morgan fingerprint density at radius 3 is 2.34 bits per heavy atom. The Bertz CT molecular complexity index is 944. The molecule has 1 atom stereocenters. The Kier molecular flexibility index (Phi) is 9.78. The first kappa shape index (κ1) is 25.9. The van der Waals surface area contributed by atoms with Gasteiger partial charge in [0.05, 0.1) is 12.6 Å². The molecule has 1 fully saturated rings. The molecule has 5 nitrogen and oxygen atoms in total. The minimum absolute atomic E-state index is 0.137. The first-order valence-corrected chi connectivity index (χ1v) is 14.5. The van der Waals surface area contributed by atoms with Crippen molar-refractivity contribution in [1.82, 2.24) is 14.7 Å². The van der Waals surface area contributed by atoms with E-state index in [1.54, 1.807) is 0 Å². The van der Waals surface area contributed by atoms with Gasteiger partial charge in [0.15, 0.2) is 0 Å². The molecule has 0 N–H and O–H groups in total. The highest BCUT2D eigenvalue weighted by molar-refractivity contribution is 7.10. The fourth-order valence-electron chi connectivity index (χ4n) is 5.47. The second-order valence-electron chi connectivity index (χ2n) is 9.97. The van der Waals surface area contributed by atoms with Gasteiger partial charge in [-0.05, 0) is 41.8 Å². The standard InChI is InChI=1S/C29H41N3O2S/c1-2-3-4-5-6-10-14-27(33)30-17-11-18-31(21-20-30)28(34)23-32-19-15-26-25(16-22-35-26)29(32)24-12-8-7-9-13-24/h7-9,12-13,16,22,29H,2-6,10-11,14-15,17-21,23H2,1H3. The van der Waals surface area contributed by atoms with Crippen molar-refractivity contribution in [2.45, 2.75) is 70.8 Å². The minimum Gasteiger partial charge on any atom is -0.341 e. The van der Waals surface area contributed by atoms with Crippen molar-refractivity contribution >= 4 is 23.2 Å². The van der Waals surface area contributed by atoms with E-state index >= 15 is 0 Å². The number of rotatable bonds is 10. The lowest BCUT2D eigenvalue weighted by Gasteiger charge is -2.37. The fourth-order valence-corrected chi connectivity index (χ4v) is 6.37. The molecule has 2 amide bonds. The maximum absolute atomic E-state index is 13.4. The van der Waals surface area contributed by atoms with Gasteiger partial charge in [-0.1, -0.05) is 69.4 Å². The van der Waals surface area contributed by atoms with Crippen LogP contribution < -0.4 is 0 Å². The van der Waals surface area contributed by atoms with E-state index in [-0.39, 0.29) is 17.9 Å². The SMILES string of the molecule is CCCCCCCCC(=O)N1CCCN(C(=O)CN2CCc3sccc3C2c2ccccc2)CC1. The third-order valence-electron chi connectivity index (χ3n) is 7.46. The van der Waals surface area contributed by atoms with Gasteiger partial charge in [-0.2, -0.15) is 0 Å². The fraction of sp³-hybridized carbons (Fsp3) is 0.586. The first-order chi connectivity index (χ1) is 17.2. The third kappa shape index (κ3) is 6.95. The zero-order valence-corrected chi connectivity index (χ0v) is 22.1. The van der Waals surface area contributed by atoms with Crippen LogP contribution in [0.1, 0.15) is 80.3 Å². The Morgan fingerprint density at radius 2 is 1.57 bits per heavy atom. The summed E-state index contributed by atoms with van der Waals surface area (Å²) in [6, 6.07) is 12.9. The summed E-state index contributed by atoms with van der Waals surface area (Å²) in [5, 5.41) is 2.18. The van der Waals surface area contributed by atoms with Crippen LogP contribution in [0.4, 0.5) is 0 Å². The topological polar surface area (TPSA) is 43.9 Å². The van der Waals surface area contributed by atoms with Crippen LogP contribution >= 0.6 is 11.3 Å². The number of amides is 2. The molecule has 1 saturated heterocycles. The minimum atomic E-state index is 0.137. The van der Waals surface area contributed by atoms with Crippen molar-refractivity contribution in [3.05, 3.63) is 57.8 Å². The molecular formula is C29H41N3O2S. The van der Waals surface area contributed by atoms with Crippen LogP contribution in [-0.2, 0) is 16.0 Å². The predicted octanol–water partition coefficient (Wildman–Crippen LogP) is 5.51. The number of fused-ring (bicyclic) bond motifs is 1. The van der Waals surface area contributed by atoms with Gasteiger partial charge < -0.3 is 9.80 Å². The van der Waals surface area contributed by atoms with Gasteiger partial charge in [0.2, 0.25) is 11.8 Å². The highest BCUT2D eigenvalue weighted by Crippen LogP contribution is 2.37. The monoisotopic (exact) mass is 495 g/mol. The van der Waals surface area contributed by atoms with E-state index < -0.39 is 0 Å². The molecule has 0 aliphatic carbocycles. The molecule has 1 unspecified atom stereocenters. The van der Waals surface area contributed by atoms with Crippen molar-refractivity contribution in [2.24, 2.45) is 0 Å². The summed E-state index contributed by atoms with van der Waals surface area (Å²) in [7, 11) is 0.